The summed E-state index contributed by atoms with van der Waals surface area (Å²) in [6, 6.07) is 5.34. The molecular formula is C20H28N2O6Si. The van der Waals surface area contributed by atoms with Gasteiger partial charge in [-0.25, -0.2) is 4.79 Å². The highest BCUT2D eigenvalue weighted by Gasteiger charge is 2.44. The average Bonchev–Trinajstić information content (AvgIpc) is 2.99. The molecule has 0 unspecified atom stereocenters. The minimum absolute atomic E-state index is 0.0449. The number of carbonyl (C=O) groups excluding carboxylic acids is 2. The normalized spacial score (nSPS) is 15.2. The van der Waals surface area contributed by atoms with Crippen LogP contribution < -0.4 is 10.2 Å². The van der Waals surface area contributed by atoms with Crippen molar-refractivity contribution in [1.82, 2.24) is 10.4 Å². The Labute approximate surface area is 172 Å². The van der Waals surface area contributed by atoms with Crippen LogP contribution >= 0.6 is 0 Å². The van der Waals surface area contributed by atoms with Gasteiger partial charge in [0.25, 0.3) is 5.91 Å². The molecule has 1 aliphatic rings. The monoisotopic (exact) mass is 420 g/mol. The van der Waals surface area contributed by atoms with Gasteiger partial charge in [0, 0.05) is 19.2 Å². The van der Waals surface area contributed by atoms with Crippen molar-refractivity contribution >= 4 is 20.0 Å². The van der Waals surface area contributed by atoms with E-state index in [9.17, 15) is 9.59 Å². The van der Waals surface area contributed by atoms with Gasteiger partial charge >= 0.3 is 5.97 Å². The van der Waals surface area contributed by atoms with Crippen LogP contribution in [0.3, 0.4) is 0 Å². The van der Waals surface area contributed by atoms with E-state index in [0.29, 0.717) is 17.9 Å². The lowest BCUT2D eigenvalue weighted by molar-refractivity contribution is -0.160. The third-order valence-corrected chi connectivity index (χ3v) is 5.11. The zero-order chi connectivity index (χ0) is 21.7. The van der Waals surface area contributed by atoms with Gasteiger partial charge in [-0.1, -0.05) is 31.6 Å². The van der Waals surface area contributed by atoms with Gasteiger partial charge in [0.1, 0.15) is 13.8 Å². The van der Waals surface area contributed by atoms with Crippen molar-refractivity contribution in [3.63, 3.8) is 0 Å². The van der Waals surface area contributed by atoms with Crippen LogP contribution in [0.2, 0.25) is 19.6 Å². The van der Waals surface area contributed by atoms with E-state index in [-0.39, 0.29) is 19.2 Å². The Morgan fingerprint density at radius 2 is 2.00 bits per heavy atom. The second-order valence-electron chi connectivity index (χ2n) is 7.73. The number of amides is 1. The summed E-state index contributed by atoms with van der Waals surface area (Å²) in [7, 11) is 2.44. The number of hydrogen-bond acceptors (Lipinski definition) is 7. The molecule has 0 bridgehead atoms. The largest absolute Gasteiger partial charge is 0.497 e. The third-order valence-electron chi connectivity index (χ3n) is 4.23. The summed E-state index contributed by atoms with van der Waals surface area (Å²) >= 11 is 0. The predicted octanol–water partition coefficient (Wildman–Crippen LogP) is 1.57. The number of rotatable bonds is 8. The first-order valence-electron chi connectivity index (χ1n) is 9.12. The molecule has 0 saturated heterocycles. The highest BCUT2D eigenvalue weighted by atomic mass is 28.3. The topological polar surface area (TPSA) is 86.3 Å². The highest BCUT2D eigenvalue weighted by Crippen LogP contribution is 2.28. The van der Waals surface area contributed by atoms with E-state index in [1.807, 2.05) is 6.07 Å². The van der Waals surface area contributed by atoms with Crippen molar-refractivity contribution < 1.29 is 28.6 Å². The van der Waals surface area contributed by atoms with Gasteiger partial charge in [0.15, 0.2) is 6.79 Å². The second kappa shape index (κ2) is 9.41. The van der Waals surface area contributed by atoms with E-state index in [2.05, 4.69) is 36.6 Å². The minimum Gasteiger partial charge on any atom is -0.497 e. The summed E-state index contributed by atoms with van der Waals surface area (Å²) in [5.74, 6) is 2.75. The standard InChI is InChI=1S/C20H28N2O6Si/c1-25-14-28-21-20(19(24)27-3,9-10-29(4,5)6)13-22-12-15-7-8-16(26-2)11-17(15)18(22)23/h7-8,11,21H,12-14H2,1-6H3/t20-/m1/s1. The molecule has 1 amide bonds. The summed E-state index contributed by atoms with van der Waals surface area (Å²) < 4.78 is 15.1. The number of methoxy groups -OCH3 is 3. The smallest absolute Gasteiger partial charge is 0.342 e. The fourth-order valence-corrected chi connectivity index (χ4v) is 3.40. The van der Waals surface area contributed by atoms with E-state index in [4.69, 9.17) is 19.0 Å². The molecule has 1 aliphatic heterocycles. The lowest BCUT2D eigenvalue weighted by Crippen LogP contribution is -2.59. The molecule has 0 saturated carbocycles. The van der Waals surface area contributed by atoms with Crippen molar-refractivity contribution in [1.29, 1.82) is 0 Å². The Morgan fingerprint density at radius 3 is 2.59 bits per heavy atom. The van der Waals surface area contributed by atoms with Gasteiger partial charge in [-0.2, -0.15) is 5.48 Å². The van der Waals surface area contributed by atoms with Crippen molar-refractivity contribution in [2.75, 3.05) is 34.7 Å². The number of ether oxygens (including phenoxy) is 3. The Hall–Kier alpha value is -2.38. The van der Waals surface area contributed by atoms with Crippen LogP contribution in [0.5, 0.6) is 5.75 Å². The Balaban J connectivity index is 2.39. The molecule has 2 rings (SSSR count). The van der Waals surface area contributed by atoms with Crippen molar-refractivity contribution in [2.45, 2.75) is 31.7 Å². The second-order valence-corrected chi connectivity index (χ2v) is 12.5. The molecule has 29 heavy (non-hydrogen) atoms. The van der Waals surface area contributed by atoms with E-state index in [1.54, 1.807) is 24.1 Å². The van der Waals surface area contributed by atoms with Crippen LogP contribution in [0.1, 0.15) is 15.9 Å². The molecule has 1 N–H and O–H groups in total. The number of hydroxylamine groups is 1. The van der Waals surface area contributed by atoms with Crippen molar-refractivity contribution in [3.05, 3.63) is 29.3 Å². The zero-order valence-corrected chi connectivity index (χ0v) is 18.8. The van der Waals surface area contributed by atoms with E-state index < -0.39 is 19.6 Å². The quantitative estimate of drug-likeness (QED) is 0.171. The number of fused-ring (bicyclic) bond motifs is 1. The van der Waals surface area contributed by atoms with Crippen LogP contribution in [-0.4, -0.2) is 65.1 Å². The van der Waals surface area contributed by atoms with Gasteiger partial charge < -0.3 is 19.1 Å². The summed E-state index contributed by atoms with van der Waals surface area (Å²) in [5.41, 5.74) is 5.71. The third kappa shape index (κ3) is 5.58. The zero-order valence-electron chi connectivity index (χ0n) is 17.8. The average molecular weight is 421 g/mol. The minimum atomic E-state index is -1.84. The molecule has 0 aromatic heterocycles. The SMILES string of the molecule is COCON[C@](C#C[Si](C)(C)C)(CN1Cc2ccc(OC)cc2C1=O)C(=O)OC. The molecule has 1 heterocycles. The summed E-state index contributed by atoms with van der Waals surface area (Å²) in [5, 5.41) is 0. The van der Waals surface area contributed by atoms with E-state index in [1.165, 1.54) is 14.2 Å². The number of hydrogen-bond donors (Lipinski definition) is 1. The predicted molar refractivity (Wildman–Crippen MR) is 110 cm³/mol. The van der Waals surface area contributed by atoms with Gasteiger partial charge in [-0.3, -0.25) is 9.63 Å². The van der Waals surface area contributed by atoms with E-state index >= 15 is 0 Å². The van der Waals surface area contributed by atoms with Crippen LogP contribution in [0.15, 0.2) is 18.2 Å². The molecule has 1 aromatic carbocycles. The van der Waals surface area contributed by atoms with Gasteiger partial charge in [0.05, 0.1) is 20.8 Å². The van der Waals surface area contributed by atoms with Crippen LogP contribution in [-0.2, 0) is 25.7 Å². The maximum Gasteiger partial charge on any atom is 0.342 e. The molecule has 1 atom stereocenters. The van der Waals surface area contributed by atoms with Gasteiger partial charge in [-0.05, 0) is 17.7 Å². The Morgan fingerprint density at radius 1 is 1.28 bits per heavy atom. The Kier molecular flexibility index (Phi) is 7.43. The summed E-state index contributed by atoms with van der Waals surface area (Å²) in [4.78, 5) is 32.6. The number of nitrogens with one attached hydrogen (secondary N) is 1. The van der Waals surface area contributed by atoms with E-state index in [0.717, 1.165) is 5.56 Å². The van der Waals surface area contributed by atoms with Crippen molar-refractivity contribution in [3.8, 4) is 17.2 Å². The molecule has 0 spiro atoms. The Bertz CT molecular complexity index is 826. The summed E-state index contributed by atoms with van der Waals surface area (Å²) in [6.45, 7) is 6.37. The number of nitrogens with zero attached hydrogens (tertiary/aromatic N) is 1. The molecule has 1 aromatic rings. The first kappa shape index (κ1) is 22.9. The highest BCUT2D eigenvalue weighted by molar-refractivity contribution is 6.83. The molecule has 9 heteroatoms. The maximum atomic E-state index is 13.0. The first-order chi connectivity index (χ1) is 13.7. The summed E-state index contributed by atoms with van der Waals surface area (Å²) in [6.07, 6.45) is 0. The number of benzene rings is 1. The fourth-order valence-electron chi connectivity index (χ4n) is 2.82. The molecule has 158 valence electrons. The lowest BCUT2D eigenvalue weighted by atomic mass is 10.0. The lowest BCUT2D eigenvalue weighted by Gasteiger charge is -2.31. The molecule has 8 nitrogen and oxygen atoms in total. The molecular weight excluding hydrogens is 392 g/mol. The maximum absolute atomic E-state index is 13.0. The number of carbonyl (C=O) groups is 2. The molecule has 0 radical (unpaired) electrons. The molecule has 0 aliphatic carbocycles. The first-order valence-corrected chi connectivity index (χ1v) is 12.6. The van der Waals surface area contributed by atoms with Crippen LogP contribution in [0.4, 0.5) is 0 Å². The molecule has 0 fully saturated rings. The van der Waals surface area contributed by atoms with Crippen LogP contribution in [0.25, 0.3) is 0 Å². The van der Waals surface area contributed by atoms with Crippen molar-refractivity contribution in [2.24, 2.45) is 0 Å². The fraction of sp³-hybridized carbons (Fsp3) is 0.500. The van der Waals surface area contributed by atoms with Crippen LogP contribution in [0, 0.1) is 11.5 Å². The number of esters is 1. The van der Waals surface area contributed by atoms with Gasteiger partial charge in [0.2, 0.25) is 5.54 Å². The van der Waals surface area contributed by atoms with Gasteiger partial charge in [-0.15, -0.1) is 5.54 Å².